The summed E-state index contributed by atoms with van der Waals surface area (Å²) in [7, 11) is 1.77. The van der Waals surface area contributed by atoms with E-state index in [9.17, 15) is 9.18 Å². The van der Waals surface area contributed by atoms with E-state index in [1.54, 1.807) is 19.2 Å². The van der Waals surface area contributed by atoms with Gasteiger partial charge in [0.25, 0.3) is 0 Å². The van der Waals surface area contributed by atoms with Gasteiger partial charge in [0, 0.05) is 79.3 Å². The highest BCUT2D eigenvalue weighted by Crippen LogP contribution is 2.29. The van der Waals surface area contributed by atoms with Crippen molar-refractivity contribution in [3.8, 4) is 5.88 Å². The van der Waals surface area contributed by atoms with E-state index in [1.165, 1.54) is 30.2 Å². The van der Waals surface area contributed by atoms with E-state index in [1.807, 2.05) is 18.2 Å². The maximum Gasteiger partial charge on any atom is 0.213 e. The molecule has 2 saturated heterocycles. The molecular formula is C36H46ClFN4O3. The number of rotatable bonds is 14. The second-order valence-corrected chi connectivity index (χ2v) is 12.9. The van der Waals surface area contributed by atoms with Crippen LogP contribution in [0.1, 0.15) is 58.8 Å². The highest BCUT2D eigenvalue weighted by Gasteiger charge is 2.25. The van der Waals surface area contributed by atoms with Crippen molar-refractivity contribution in [2.75, 3.05) is 71.0 Å². The van der Waals surface area contributed by atoms with E-state index in [0.29, 0.717) is 28.3 Å². The van der Waals surface area contributed by atoms with Gasteiger partial charge in [0.15, 0.2) is 0 Å². The normalized spacial score (nSPS) is 18.2. The first kappa shape index (κ1) is 33.3. The lowest BCUT2D eigenvalue weighted by atomic mass is 9.93. The molecule has 0 radical (unpaired) electrons. The zero-order chi connectivity index (χ0) is 31.6. The number of nitrogens with zero attached hydrogens (tertiary/aromatic N) is 4. The van der Waals surface area contributed by atoms with Crippen LogP contribution in [0.2, 0.25) is 5.02 Å². The molecule has 7 nitrogen and oxygen atoms in total. The number of methoxy groups -OCH3 is 1. The lowest BCUT2D eigenvalue weighted by Crippen LogP contribution is -2.45. The standard InChI is InChI=1S/C36H46ClFN4O3/c1-27-8-9-28(25-43)21-35(27)42(24-29-5-4-14-41(23-29)19-20-44-2)18-17-40-15-12-30(13-16-40)34-6-3-7-36(39-34)45-26-31-10-11-32(37)22-33(31)38/h3,6-11,21-22,25,29-30H,4-5,12-20,23-24,26H2,1-2H3. The fourth-order valence-electron chi connectivity index (χ4n) is 6.63. The summed E-state index contributed by atoms with van der Waals surface area (Å²) in [4.78, 5) is 24.0. The summed E-state index contributed by atoms with van der Waals surface area (Å²) in [5, 5.41) is 0.368. The molecule has 1 aromatic heterocycles. The van der Waals surface area contributed by atoms with Gasteiger partial charge >= 0.3 is 0 Å². The second kappa shape index (κ2) is 16.5. The Morgan fingerprint density at radius 2 is 1.89 bits per heavy atom. The van der Waals surface area contributed by atoms with Gasteiger partial charge in [-0.15, -0.1) is 0 Å². The highest BCUT2D eigenvalue weighted by atomic mass is 35.5. The monoisotopic (exact) mass is 636 g/mol. The van der Waals surface area contributed by atoms with E-state index in [0.717, 1.165) is 89.4 Å². The predicted molar refractivity (Wildman–Crippen MR) is 178 cm³/mol. The van der Waals surface area contributed by atoms with E-state index in [4.69, 9.17) is 26.1 Å². The smallest absolute Gasteiger partial charge is 0.213 e. The number of carbonyl (C=O) groups excluding carboxylic acids is 1. The van der Waals surface area contributed by atoms with Crippen molar-refractivity contribution in [2.24, 2.45) is 5.92 Å². The number of aromatic nitrogens is 1. The predicted octanol–water partition coefficient (Wildman–Crippen LogP) is 6.62. The Hall–Kier alpha value is -3.04. The molecule has 0 saturated carbocycles. The molecule has 2 aliphatic heterocycles. The van der Waals surface area contributed by atoms with Gasteiger partial charge in [-0.1, -0.05) is 35.9 Å². The Bertz CT molecular complexity index is 1400. The van der Waals surface area contributed by atoms with Crippen molar-refractivity contribution in [1.29, 1.82) is 0 Å². The molecule has 0 aliphatic carbocycles. The molecule has 0 N–H and O–H groups in total. The SMILES string of the molecule is COCCN1CCCC(CN(CCN2CCC(c3cccc(OCc4ccc(Cl)cc4F)n3)CC2)c2cc(C=O)ccc2C)C1. The summed E-state index contributed by atoms with van der Waals surface area (Å²) in [6.45, 7) is 11.1. The zero-order valence-electron chi connectivity index (χ0n) is 26.6. The van der Waals surface area contributed by atoms with E-state index >= 15 is 0 Å². The zero-order valence-corrected chi connectivity index (χ0v) is 27.4. The average Bonchev–Trinajstić information content (AvgIpc) is 3.06. The number of piperidine rings is 2. The topological polar surface area (TPSA) is 58.1 Å². The lowest BCUT2D eigenvalue weighted by Gasteiger charge is -2.38. The number of aryl methyl sites for hydroxylation is 1. The molecular weight excluding hydrogens is 591 g/mol. The lowest BCUT2D eigenvalue weighted by molar-refractivity contribution is 0.112. The Morgan fingerprint density at radius 1 is 1.04 bits per heavy atom. The molecule has 0 spiro atoms. The van der Waals surface area contributed by atoms with Gasteiger partial charge in [-0.3, -0.25) is 4.79 Å². The minimum absolute atomic E-state index is 0.107. The summed E-state index contributed by atoms with van der Waals surface area (Å²) < 4.78 is 25.4. The van der Waals surface area contributed by atoms with Crippen LogP contribution in [-0.4, -0.2) is 87.1 Å². The Morgan fingerprint density at radius 3 is 2.67 bits per heavy atom. The van der Waals surface area contributed by atoms with Crippen molar-refractivity contribution in [1.82, 2.24) is 14.8 Å². The summed E-state index contributed by atoms with van der Waals surface area (Å²) >= 11 is 5.87. The maximum atomic E-state index is 14.2. The molecule has 2 aliphatic rings. The second-order valence-electron chi connectivity index (χ2n) is 12.5. The fraction of sp³-hybridized carbons (Fsp3) is 0.500. The third kappa shape index (κ3) is 9.49. The van der Waals surface area contributed by atoms with Crippen LogP contribution in [0, 0.1) is 18.7 Å². The van der Waals surface area contributed by atoms with Gasteiger partial charge in [0.2, 0.25) is 5.88 Å². The molecule has 3 aromatic rings. The van der Waals surface area contributed by atoms with Gasteiger partial charge < -0.3 is 24.2 Å². The van der Waals surface area contributed by atoms with Crippen molar-refractivity contribution in [3.63, 3.8) is 0 Å². The van der Waals surface area contributed by atoms with E-state index < -0.39 is 0 Å². The Labute approximate surface area is 272 Å². The molecule has 2 fully saturated rings. The Balaban J connectivity index is 1.17. The summed E-state index contributed by atoms with van der Waals surface area (Å²) in [6, 6.07) is 16.5. The number of aldehydes is 1. The summed E-state index contributed by atoms with van der Waals surface area (Å²) in [5.41, 5.74) is 4.58. The van der Waals surface area contributed by atoms with Gasteiger partial charge in [0.05, 0.1) is 6.61 Å². The first-order valence-electron chi connectivity index (χ1n) is 16.2. The van der Waals surface area contributed by atoms with Gasteiger partial charge in [-0.2, -0.15) is 0 Å². The van der Waals surface area contributed by atoms with Crippen LogP contribution in [-0.2, 0) is 11.3 Å². The minimum Gasteiger partial charge on any atom is -0.473 e. The summed E-state index contributed by atoms with van der Waals surface area (Å²) in [5.74, 6) is 1.08. The average molecular weight is 637 g/mol. The molecule has 0 bridgehead atoms. The third-order valence-corrected chi connectivity index (χ3v) is 9.47. The van der Waals surface area contributed by atoms with E-state index in [-0.39, 0.29) is 12.4 Å². The van der Waals surface area contributed by atoms with Crippen molar-refractivity contribution in [2.45, 2.75) is 45.1 Å². The van der Waals surface area contributed by atoms with Crippen LogP contribution in [0.4, 0.5) is 10.1 Å². The molecule has 242 valence electrons. The number of pyridine rings is 1. The number of ether oxygens (including phenoxy) is 2. The number of anilines is 1. The first-order chi connectivity index (χ1) is 21.9. The van der Waals surface area contributed by atoms with E-state index in [2.05, 4.69) is 39.8 Å². The molecule has 9 heteroatoms. The van der Waals surface area contributed by atoms with Gasteiger partial charge in [-0.05, 0) is 88.0 Å². The van der Waals surface area contributed by atoms with Crippen molar-refractivity contribution >= 4 is 23.6 Å². The van der Waals surface area contributed by atoms with Crippen LogP contribution in [0.25, 0.3) is 0 Å². The first-order valence-corrected chi connectivity index (χ1v) is 16.6. The number of hydrogen-bond acceptors (Lipinski definition) is 7. The van der Waals surface area contributed by atoms with Crippen LogP contribution in [0.5, 0.6) is 5.88 Å². The quantitative estimate of drug-likeness (QED) is 0.184. The highest BCUT2D eigenvalue weighted by molar-refractivity contribution is 6.30. The number of carbonyl (C=O) groups is 1. The van der Waals surface area contributed by atoms with Crippen molar-refractivity contribution < 1.29 is 18.7 Å². The number of hydrogen-bond donors (Lipinski definition) is 0. The largest absolute Gasteiger partial charge is 0.473 e. The van der Waals surface area contributed by atoms with Gasteiger partial charge in [-0.25, -0.2) is 9.37 Å². The van der Waals surface area contributed by atoms with Crippen LogP contribution in [0.3, 0.4) is 0 Å². The number of benzene rings is 2. The van der Waals surface area contributed by atoms with Crippen LogP contribution >= 0.6 is 11.6 Å². The molecule has 2 aromatic carbocycles. The third-order valence-electron chi connectivity index (χ3n) is 9.23. The minimum atomic E-state index is -0.376. The summed E-state index contributed by atoms with van der Waals surface area (Å²) in [6.07, 6.45) is 5.44. The van der Waals surface area contributed by atoms with Crippen LogP contribution < -0.4 is 9.64 Å². The molecule has 3 heterocycles. The Kier molecular flexibility index (Phi) is 12.2. The molecule has 5 rings (SSSR count). The molecule has 1 atom stereocenters. The molecule has 1 unspecified atom stereocenters. The molecule has 45 heavy (non-hydrogen) atoms. The molecule has 0 amide bonds. The van der Waals surface area contributed by atoms with Crippen LogP contribution in [0.15, 0.2) is 54.6 Å². The maximum absolute atomic E-state index is 14.2. The number of likely N-dealkylation sites (tertiary alicyclic amines) is 2. The fourth-order valence-corrected chi connectivity index (χ4v) is 6.79. The van der Waals surface area contributed by atoms with Crippen molar-refractivity contribution in [3.05, 3.63) is 87.8 Å². The number of halogens is 2. The van der Waals surface area contributed by atoms with Gasteiger partial charge in [0.1, 0.15) is 18.7 Å².